The summed E-state index contributed by atoms with van der Waals surface area (Å²) in [5.41, 5.74) is 7.74. The van der Waals surface area contributed by atoms with Gasteiger partial charge in [0.15, 0.2) is 11.5 Å². The number of benzene rings is 1. The predicted molar refractivity (Wildman–Crippen MR) is 67.6 cm³/mol. The molecular weight excluding hydrogens is 247 g/mol. The molecule has 2 aliphatic heterocycles. The minimum absolute atomic E-state index is 0.229. The van der Waals surface area contributed by atoms with Crippen molar-refractivity contribution < 1.29 is 13.9 Å². The second-order valence-corrected chi connectivity index (χ2v) is 5.56. The number of hydrazine groups is 1. The Balaban J connectivity index is 1.59. The van der Waals surface area contributed by atoms with E-state index in [1.807, 2.05) is 12.1 Å². The number of fused-ring (bicyclic) bond motifs is 2. The Morgan fingerprint density at radius 2 is 2.00 bits per heavy atom. The van der Waals surface area contributed by atoms with Gasteiger partial charge < -0.3 is 9.47 Å². The number of rotatable bonds is 1. The van der Waals surface area contributed by atoms with Gasteiger partial charge in [-0.1, -0.05) is 6.07 Å². The van der Waals surface area contributed by atoms with Crippen LogP contribution in [0.2, 0.25) is 0 Å². The van der Waals surface area contributed by atoms with Crippen LogP contribution >= 0.6 is 0 Å². The van der Waals surface area contributed by atoms with Gasteiger partial charge in [0.2, 0.25) is 6.79 Å². The fourth-order valence-electron chi connectivity index (χ4n) is 3.45. The van der Waals surface area contributed by atoms with E-state index < -0.39 is 6.17 Å². The molecule has 4 unspecified atom stereocenters. The molecular formula is C14H17FN2O2. The summed E-state index contributed by atoms with van der Waals surface area (Å²) in [7, 11) is 0. The Kier molecular flexibility index (Phi) is 2.63. The number of hydrogen-bond acceptors (Lipinski definition) is 4. The monoisotopic (exact) mass is 264 g/mol. The molecule has 19 heavy (non-hydrogen) atoms. The van der Waals surface area contributed by atoms with Crippen LogP contribution < -0.4 is 20.3 Å². The molecule has 1 aromatic rings. The highest BCUT2D eigenvalue weighted by Gasteiger charge is 2.41. The van der Waals surface area contributed by atoms with Crippen LogP contribution in [0.4, 0.5) is 4.39 Å². The Morgan fingerprint density at radius 1 is 1.11 bits per heavy atom. The number of nitrogens with one attached hydrogen (secondary N) is 2. The molecule has 5 heteroatoms. The van der Waals surface area contributed by atoms with E-state index in [4.69, 9.17) is 9.47 Å². The van der Waals surface area contributed by atoms with Crippen LogP contribution in [0.25, 0.3) is 0 Å². The van der Waals surface area contributed by atoms with Crippen molar-refractivity contribution in [1.29, 1.82) is 0 Å². The lowest BCUT2D eigenvalue weighted by molar-refractivity contribution is 0.173. The summed E-state index contributed by atoms with van der Waals surface area (Å²) in [4.78, 5) is 0. The van der Waals surface area contributed by atoms with Gasteiger partial charge in [-0.05, 0) is 42.9 Å². The zero-order valence-corrected chi connectivity index (χ0v) is 10.6. The Bertz CT molecular complexity index is 496. The third-order valence-electron chi connectivity index (χ3n) is 4.45. The third-order valence-corrected chi connectivity index (χ3v) is 4.45. The Labute approximate surface area is 111 Å². The molecule has 1 aromatic carbocycles. The molecule has 0 radical (unpaired) electrons. The minimum Gasteiger partial charge on any atom is -0.454 e. The van der Waals surface area contributed by atoms with Crippen LogP contribution in [0.5, 0.6) is 11.5 Å². The molecule has 3 aliphatic rings. The molecule has 0 aromatic heterocycles. The maximum absolute atomic E-state index is 13.4. The Morgan fingerprint density at radius 3 is 2.95 bits per heavy atom. The van der Waals surface area contributed by atoms with Crippen LogP contribution in [-0.2, 0) is 0 Å². The van der Waals surface area contributed by atoms with E-state index in [1.54, 1.807) is 0 Å². The van der Waals surface area contributed by atoms with Crippen molar-refractivity contribution in [2.24, 2.45) is 5.92 Å². The molecule has 1 aliphatic carbocycles. The van der Waals surface area contributed by atoms with E-state index in [0.717, 1.165) is 17.9 Å². The largest absolute Gasteiger partial charge is 0.454 e. The van der Waals surface area contributed by atoms with Crippen molar-refractivity contribution >= 4 is 0 Å². The average molecular weight is 264 g/mol. The van der Waals surface area contributed by atoms with Crippen molar-refractivity contribution in [2.75, 3.05) is 6.79 Å². The summed E-state index contributed by atoms with van der Waals surface area (Å²) in [6.07, 6.45) is 1.54. The molecule has 0 amide bonds. The zero-order chi connectivity index (χ0) is 12.8. The second kappa shape index (κ2) is 4.35. The average Bonchev–Trinajstić information content (AvgIpc) is 3.02. The number of alkyl halides is 1. The first-order valence-electron chi connectivity index (χ1n) is 6.86. The quantitative estimate of drug-likeness (QED) is 0.815. The van der Waals surface area contributed by atoms with E-state index in [-0.39, 0.29) is 12.1 Å². The standard InChI is InChI=1S/C14H17FN2O2/c15-9-2-3-10-11(6-9)16-17-14(10)8-1-4-12-13(5-8)19-7-18-12/h1,4-5,9-11,14,16-17H,2-3,6-7H2. The normalized spacial score (nSPS) is 36.3. The van der Waals surface area contributed by atoms with Gasteiger partial charge in [-0.2, -0.15) is 0 Å². The molecule has 4 atom stereocenters. The van der Waals surface area contributed by atoms with Gasteiger partial charge in [-0.15, -0.1) is 0 Å². The molecule has 4 rings (SSSR count). The summed E-state index contributed by atoms with van der Waals surface area (Å²) in [5.74, 6) is 2.06. The predicted octanol–water partition coefficient (Wildman–Crippen LogP) is 2.07. The van der Waals surface area contributed by atoms with Gasteiger partial charge in [-0.25, -0.2) is 9.82 Å². The molecule has 2 N–H and O–H groups in total. The second-order valence-electron chi connectivity index (χ2n) is 5.56. The molecule has 102 valence electrons. The van der Waals surface area contributed by atoms with Gasteiger partial charge >= 0.3 is 0 Å². The summed E-state index contributed by atoms with van der Waals surface area (Å²) in [6.45, 7) is 0.296. The smallest absolute Gasteiger partial charge is 0.231 e. The number of hydrogen-bond donors (Lipinski definition) is 2. The fraction of sp³-hybridized carbons (Fsp3) is 0.571. The molecule has 1 saturated heterocycles. The number of halogens is 1. The van der Waals surface area contributed by atoms with Gasteiger partial charge in [-0.3, -0.25) is 5.43 Å². The molecule has 0 spiro atoms. The first-order chi connectivity index (χ1) is 9.31. The van der Waals surface area contributed by atoms with E-state index in [1.165, 1.54) is 5.56 Å². The van der Waals surface area contributed by atoms with Crippen LogP contribution in [0.15, 0.2) is 18.2 Å². The maximum Gasteiger partial charge on any atom is 0.231 e. The van der Waals surface area contributed by atoms with Crippen molar-refractivity contribution in [3.05, 3.63) is 23.8 Å². The third kappa shape index (κ3) is 1.88. The first kappa shape index (κ1) is 11.5. The minimum atomic E-state index is -0.661. The topological polar surface area (TPSA) is 42.5 Å². The first-order valence-corrected chi connectivity index (χ1v) is 6.86. The highest BCUT2D eigenvalue weighted by Crippen LogP contribution is 2.41. The van der Waals surface area contributed by atoms with Gasteiger partial charge in [0.1, 0.15) is 6.17 Å². The summed E-state index contributed by atoms with van der Waals surface area (Å²) in [6, 6.07) is 6.52. The van der Waals surface area contributed by atoms with Crippen LogP contribution in [0.1, 0.15) is 30.9 Å². The lowest BCUT2D eigenvalue weighted by atomic mass is 9.79. The van der Waals surface area contributed by atoms with E-state index in [0.29, 0.717) is 25.6 Å². The van der Waals surface area contributed by atoms with Crippen molar-refractivity contribution in [2.45, 2.75) is 37.5 Å². The van der Waals surface area contributed by atoms with Gasteiger partial charge in [0, 0.05) is 6.04 Å². The molecule has 4 nitrogen and oxygen atoms in total. The molecule has 2 heterocycles. The van der Waals surface area contributed by atoms with Crippen LogP contribution in [-0.4, -0.2) is 19.0 Å². The van der Waals surface area contributed by atoms with E-state index in [9.17, 15) is 4.39 Å². The van der Waals surface area contributed by atoms with Crippen LogP contribution in [0, 0.1) is 5.92 Å². The highest BCUT2D eigenvalue weighted by atomic mass is 19.1. The van der Waals surface area contributed by atoms with Gasteiger partial charge in [0.05, 0.1) is 6.04 Å². The summed E-state index contributed by atoms with van der Waals surface area (Å²) in [5, 5.41) is 0. The highest BCUT2D eigenvalue weighted by molar-refractivity contribution is 5.45. The molecule has 0 bridgehead atoms. The number of ether oxygens (including phenoxy) is 2. The van der Waals surface area contributed by atoms with Crippen molar-refractivity contribution in [1.82, 2.24) is 10.9 Å². The van der Waals surface area contributed by atoms with Crippen molar-refractivity contribution in [3.8, 4) is 11.5 Å². The molecule has 2 fully saturated rings. The summed E-state index contributed by atoms with van der Waals surface area (Å²) >= 11 is 0. The lowest BCUT2D eigenvalue weighted by Gasteiger charge is -2.29. The zero-order valence-electron chi connectivity index (χ0n) is 10.6. The van der Waals surface area contributed by atoms with E-state index in [2.05, 4.69) is 16.9 Å². The van der Waals surface area contributed by atoms with Crippen LogP contribution in [0.3, 0.4) is 0 Å². The SMILES string of the molecule is FC1CCC2C(C1)NNC2c1ccc2c(c1)OCO2. The summed E-state index contributed by atoms with van der Waals surface area (Å²) < 4.78 is 24.2. The lowest BCUT2D eigenvalue weighted by Crippen LogP contribution is -2.36. The van der Waals surface area contributed by atoms with Gasteiger partial charge in [0.25, 0.3) is 0 Å². The molecule has 1 saturated carbocycles. The Hall–Kier alpha value is -1.33. The maximum atomic E-state index is 13.4. The van der Waals surface area contributed by atoms with E-state index >= 15 is 0 Å². The fourth-order valence-corrected chi connectivity index (χ4v) is 3.45. The van der Waals surface area contributed by atoms with Crippen molar-refractivity contribution in [3.63, 3.8) is 0 Å².